The largest absolute Gasteiger partial charge is 0.481 e. The van der Waals surface area contributed by atoms with Crippen molar-refractivity contribution in [3.05, 3.63) is 0 Å². The number of carbonyl (C=O) groups is 3. The van der Waals surface area contributed by atoms with Crippen LogP contribution in [0.15, 0.2) is 0 Å². The number of hydrogen-bond acceptors (Lipinski definition) is 4. The molecule has 0 saturated carbocycles. The van der Waals surface area contributed by atoms with Crippen molar-refractivity contribution >= 4 is 18.3 Å². The molecule has 0 spiro atoms. The highest BCUT2D eigenvalue weighted by Gasteiger charge is 2.29. The van der Waals surface area contributed by atoms with Crippen molar-refractivity contribution in [3.8, 4) is 0 Å². The van der Waals surface area contributed by atoms with Gasteiger partial charge in [0.1, 0.15) is 6.04 Å². The minimum absolute atomic E-state index is 0.0101. The minimum atomic E-state index is -1.04. The number of carboxylic acids is 1. The van der Waals surface area contributed by atoms with Crippen LogP contribution >= 0.6 is 0 Å². The van der Waals surface area contributed by atoms with Gasteiger partial charge in [-0.15, -0.1) is 0 Å². The van der Waals surface area contributed by atoms with Gasteiger partial charge >= 0.3 is 5.97 Å². The van der Waals surface area contributed by atoms with Gasteiger partial charge < -0.3 is 10.4 Å². The van der Waals surface area contributed by atoms with Gasteiger partial charge in [-0.05, 0) is 27.2 Å². The molecular formula is C11H20N2O5. The molecule has 0 bridgehead atoms. The highest BCUT2D eigenvalue weighted by molar-refractivity contribution is 5.83. The highest BCUT2D eigenvalue weighted by atomic mass is 16.7. The van der Waals surface area contributed by atoms with Crippen molar-refractivity contribution in [1.29, 1.82) is 0 Å². The molecule has 0 aromatic rings. The molecule has 0 aromatic heterocycles. The van der Waals surface area contributed by atoms with Gasteiger partial charge in [0.05, 0.1) is 5.60 Å². The lowest BCUT2D eigenvalue weighted by Crippen LogP contribution is -2.48. The van der Waals surface area contributed by atoms with E-state index in [1.807, 2.05) is 0 Å². The summed E-state index contributed by atoms with van der Waals surface area (Å²) in [6, 6.07) is -0.956. The average molecular weight is 260 g/mol. The van der Waals surface area contributed by atoms with Crippen molar-refractivity contribution in [2.24, 2.45) is 0 Å². The van der Waals surface area contributed by atoms with Gasteiger partial charge in [0.15, 0.2) is 0 Å². The van der Waals surface area contributed by atoms with E-state index in [-0.39, 0.29) is 12.8 Å². The van der Waals surface area contributed by atoms with Gasteiger partial charge in [-0.25, -0.2) is 5.06 Å². The van der Waals surface area contributed by atoms with Crippen LogP contribution < -0.4 is 5.32 Å². The molecule has 1 atom stereocenters. The zero-order valence-electron chi connectivity index (χ0n) is 11.1. The van der Waals surface area contributed by atoms with Gasteiger partial charge in [-0.2, -0.15) is 0 Å². The highest BCUT2D eigenvalue weighted by Crippen LogP contribution is 2.14. The number of rotatable bonds is 7. The maximum absolute atomic E-state index is 11.6. The van der Waals surface area contributed by atoms with Crippen molar-refractivity contribution in [2.45, 2.75) is 45.3 Å². The van der Waals surface area contributed by atoms with Crippen molar-refractivity contribution < 1.29 is 24.3 Å². The maximum atomic E-state index is 11.6. The Morgan fingerprint density at radius 3 is 2.33 bits per heavy atom. The summed E-state index contributed by atoms with van der Waals surface area (Å²) < 4.78 is 0. The van der Waals surface area contributed by atoms with E-state index < -0.39 is 23.5 Å². The third-order valence-electron chi connectivity index (χ3n) is 1.97. The summed E-state index contributed by atoms with van der Waals surface area (Å²) in [4.78, 5) is 38.4. The van der Waals surface area contributed by atoms with E-state index in [2.05, 4.69) is 5.32 Å². The molecule has 0 heterocycles. The molecule has 2 amide bonds. The molecule has 0 aliphatic rings. The Labute approximate surface area is 106 Å². The van der Waals surface area contributed by atoms with Crippen LogP contribution in [-0.4, -0.2) is 47.1 Å². The van der Waals surface area contributed by atoms with Crippen LogP contribution in [0, 0.1) is 0 Å². The summed E-state index contributed by atoms with van der Waals surface area (Å²) in [7, 11) is 1.41. The van der Waals surface area contributed by atoms with Crippen LogP contribution in [0.2, 0.25) is 0 Å². The first-order valence-corrected chi connectivity index (χ1v) is 5.57. The van der Waals surface area contributed by atoms with Crippen LogP contribution in [0.4, 0.5) is 0 Å². The van der Waals surface area contributed by atoms with Gasteiger partial charge in [0.2, 0.25) is 12.3 Å². The fraction of sp³-hybridized carbons (Fsp3) is 0.727. The number of nitrogens with one attached hydrogen (secondary N) is 1. The van der Waals surface area contributed by atoms with E-state index in [0.29, 0.717) is 6.41 Å². The average Bonchev–Trinajstić information content (AvgIpc) is 2.25. The van der Waals surface area contributed by atoms with E-state index in [1.165, 1.54) is 7.05 Å². The molecular weight excluding hydrogens is 240 g/mol. The second kappa shape index (κ2) is 6.95. The first-order valence-electron chi connectivity index (χ1n) is 5.57. The zero-order chi connectivity index (χ0) is 14.3. The Balaban J connectivity index is 4.83. The van der Waals surface area contributed by atoms with E-state index in [1.54, 1.807) is 20.8 Å². The van der Waals surface area contributed by atoms with Crippen LogP contribution in [-0.2, 0) is 19.2 Å². The lowest BCUT2D eigenvalue weighted by atomic mass is 10.1. The number of nitrogens with zero attached hydrogens (tertiary/aromatic N) is 1. The Morgan fingerprint density at radius 2 is 2.00 bits per heavy atom. The molecule has 2 N–H and O–H groups in total. The third-order valence-corrected chi connectivity index (χ3v) is 1.97. The van der Waals surface area contributed by atoms with Gasteiger partial charge in [-0.1, -0.05) is 0 Å². The van der Waals surface area contributed by atoms with E-state index in [0.717, 1.165) is 5.06 Å². The lowest BCUT2D eigenvalue weighted by Gasteiger charge is -2.31. The van der Waals surface area contributed by atoms with Crippen molar-refractivity contribution in [2.75, 3.05) is 7.05 Å². The molecule has 0 rings (SSSR count). The number of carboxylic acid groups (broad SMARTS) is 1. The number of hydrogen-bond donors (Lipinski definition) is 2. The Bertz CT molecular complexity index is 311. The second-order valence-corrected chi connectivity index (χ2v) is 4.73. The number of hydroxylamine groups is 2. The molecule has 0 saturated heterocycles. The number of likely N-dealkylation sites (N-methyl/N-ethyl adjacent to an activating group) is 1. The zero-order valence-corrected chi connectivity index (χ0v) is 11.1. The molecule has 0 aliphatic heterocycles. The minimum Gasteiger partial charge on any atom is -0.481 e. The van der Waals surface area contributed by atoms with Crippen LogP contribution in [0.3, 0.4) is 0 Å². The summed E-state index contributed by atoms with van der Waals surface area (Å²) in [6.45, 7) is 5.17. The summed E-state index contributed by atoms with van der Waals surface area (Å²) in [6.07, 6.45) is 0.146. The first-order chi connectivity index (χ1) is 8.21. The molecule has 0 radical (unpaired) electrons. The van der Waals surface area contributed by atoms with E-state index in [9.17, 15) is 14.4 Å². The fourth-order valence-corrected chi connectivity index (χ4v) is 1.28. The first kappa shape index (κ1) is 16.4. The summed E-state index contributed by atoms with van der Waals surface area (Å²) in [5.74, 6) is -1.50. The third kappa shape index (κ3) is 6.19. The predicted octanol–water partition coefficient (Wildman–Crippen LogP) is 0.154. The number of amides is 2. The molecule has 0 unspecified atom stereocenters. The number of aliphatic carboxylic acids is 1. The van der Waals surface area contributed by atoms with Crippen LogP contribution in [0.5, 0.6) is 0 Å². The fourth-order valence-electron chi connectivity index (χ4n) is 1.28. The lowest BCUT2D eigenvalue weighted by molar-refractivity contribution is -0.231. The molecule has 104 valence electrons. The predicted molar refractivity (Wildman–Crippen MR) is 63.5 cm³/mol. The summed E-state index contributed by atoms with van der Waals surface area (Å²) in [5.41, 5.74) is -0.656. The molecule has 0 fully saturated rings. The molecule has 0 aromatic carbocycles. The smallest absolute Gasteiger partial charge is 0.303 e. The standard InChI is InChI=1S/C11H20N2O5/c1-11(2,3)18-13(7-14)8(10(17)12-4)5-6-9(15)16/h7-8H,5-6H2,1-4H3,(H,12,17)(H,15,16)/t8-/m0/s1. The van der Waals surface area contributed by atoms with Crippen LogP contribution in [0.1, 0.15) is 33.6 Å². The Hall–Kier alpha value is -1.63. The van der Waals surface area contributed by atoms with Gasteiger partial charge in [0, 0.05) is 13.5 Å². The van der Waals surface area contributed by atoms with Crippen molar-refractivity contribution in [1.82, 2.24) is 10.4 Å². The second-order valence-electron chi connectivity index (χ2n) is 4.73. The normalized spacial score (nSPS) is 12.7. The molecule has 7 nitrogen and oxygen atoms in total. The summed E-state index contributed by atoms with van der Waals surface area (Å²) >= 11 is 0. The van der Waals surface area contributed by atoms with E-state index >= 15 is 0 Å². The molecule has 18 heavy (non-hydrogen) atoms. The Morgan fingerprint density at radius 1 is 1.44 bits per heavy atom. The van der Waals surface area contributed by atoms with E-state index in [4.69, 9.17) is 9.94 Å². The van der Waals surface area contributed by atoms with Crippen LogP contribution in [0.25, 0.3) is 0 Å². The molecule has 0 aliphatic carbocycles. The maximum Gasteiger partial charge on any atom is 0.303 e. The van der Waals surface area contributed by atoms with Gasteiger partial charge in [-0.3, -0.25) is 19.2 Å². The Kier molecular flexibility index (Phi) is 6.32. The topological polar surface area (TPSA) is 95.9 Å². The summed E-state index contributed by atoms with van der Waals surface area (Å²) in [5, 5.41) is 11.9. The molecule has 7 heteroatoms. The van der Waals surface area contributed by atoms with Crippen molar-refractivity contribution in [3.63, 3.8) is 0 Å². The number of carbonyl (C=O) groups excluding carboxylic acids is 2. The quantitative estimate of drug-likeness (QED) is 0.502. The monoisotopic (exact) mass is 260 g/mol. The van der Waals surface area contributed by atoms with Gasteiger partial charge in [0.25, 0.3) is 0 Å². The SMILES string of the molecule is CNC(=O)[C@H](CCC(=O)O)N(C=O)OC(C)(C)C.